The van der Waals surface area contributed by atoms with E-state index in [-0.39, 0.29) is 22.5 Å². The lowest BCUT2D eigenvalue weighted by molar-refractivity contribution is 0.304. The monoisotopic (exact) mass is 424 g/mol. The first kappa shape index (κ1) is 19.7. The molecule has 28 heavy (non-hydrogen) atoms. The van der Waals surface area contributed by atoms with E-state index in [1.54, 1.807) is 31.3 Å². The summed E-state index contributed by atoms with van der Waals surface area (Å²) in [5.74, 6) is 0.925. The number of aromatic nitrogens is 3. The summed E-state index contributed by atoms with van der Waals surface area (Å²) < 4.78 is 30.6. The smallest absolute Gasteiger partial charge is 0.276 e. The first-order chi connectivity index (χ1) is 13.4. The zero-order valence-corrected chi connectivity index (χ0v) is 17.5. The molecule has 1 aliphatic carbocycles. The van der Waals surface area contributed by atoms with Gasteiger partial charge in [0, 0.05) is 37.1 Å². The molecule has 152 valence electrons. The fourth-order valence-electron chi connectivity index (χ4n) is 4.39. The fraction of sp³-hybridized carbons (Fsp3) is 0.579. The van der Waals surface area contributed by atoms with Crippen LogP contribution in [0.25, 0.3) is 0 Å². The Morgan fingerprint density at radius 3 is 2.25 bits per heavy atom. The minimum Gasteiger partial charge on any atom is -0.276 e. The average molecular weight is 425 g/mol. The molecule has 4 rings (SSSR count). The van der Waals surface area contributed by atoms with Gasteiger partial charge in [-0.15, -0.1) is 0 Å². The van der Waals surface area contributed by atoms with Gasteiger partial charge in [0.25, 0.3) is 0 Å². The van der Waals surface area contributed by atoms with Gasteiger partial charge < -0.3 is 0 Å². The number of sulfonamides is 1. The van der Waals surface area contributed by atoms with Crippen LogP contribution in [-0.2, 0) is 17.1 Å². The predicted octanol–water partition coefficient (Wildman–Crippen LogP) is 2.92. The van der Waals surface area contributed by atoms with Gasteiger partial charge in [-0.2, -0.15) is 9.40 Å². The van der Waals surface area contributed by atoms with Crippen LogP contribution in [0.3, 0.4) is 0 Å². The van der Waals surface area contributed by atoms with E-state index in [0.717, 1.165) is 31.5 Å². The van der Waals surface area contributed by atoms with Crippen LogP contribution in [0.15, 0.2) is 34.0 Å². The Kier molecular flexibility index (Phi) is 5.37. The topological polar surface area (TPSA) is 77.2 Å². The number of nitrogens with zero attached hydrogens (tertiary/aromatic N) is 4. The molecule has 0 spiro atoms. The third kappa shape index (κ3) is 3.53. The van der Waals surface area contributed by atoms with Crippen LogP contribution in [0.2, 0.25) is 5.02 Å². The molecule has 0 unspecified atom stereocenters. The van der Waals surface area contributed by atoms with Crippen LogP contribution >= 0.6 is 11.6 Å². The SMILES string of the molecule is Cn1nc(C2CCN(S(=O)(=O)c3ccc(Cl)cc3)CC2)n(C2CCCC2)c1=O. The molecule has 1 aromatic heterocycles. The van der Waals surface area contributed by atoms with Gasteiger partial charge >= 0.3 is 5.69 Å². The number of hydrogen-bond donors (Lipinski definition) is 0. The van der Waals surface area contributed by atoms with E-state index in [2.05, 4.69) is 5.10 Å². The van der Waals surface area contributed by atoms with Gasteiger partial charge in [0.2, 0.25) is 10.0 Å². The van der Waals surface area contributed by atoms with Crippen molar-refractivity contribution in [1.82, 2.24) is 18.7 Å². The van der Waals surface area contributed by atoms with E-state index in [9.17, 15) is 13.2 Å². The maximum atomic E-state index is 12.9. The molecular formula is C19H25ClN4O3S. The molecule has 1 saturated heterocycles. The fourth-order valence-corrected chi connectivity index (χ4v) is 5.99. The first-order valence-corrected chi connectivity index (χ1v) is 11.6. The molecule has 2 aliphatic rings. The molecule has 0 N–H and O–H groups in total. The molecule has 0 bridgehead atoms. The Morgan fingerprint density at radius 1 is 1.04 bits per heavy atom. The molecule has 1 saturated carbocycles. The van der Waals surface area contributed by atoms with Crippen molar-refractivity contribution in [3.05, 3.63) is 45.6 Å². The Balaban J connectivity index is 1.53. The highest BCUT2D eigenvalue weighted by Gasteiger charge is 2.34. The summed E-state index contributed by atoms with van der Waals surface area (Å²) in [6.07, 6.45) is 5.64. The second-order valence-electron chi connectivity index (χ2n) is 7.70. The minimum absolute atomic E-state index is 0.0573. The van der Waals surface area contributed by atoms with Gasteiger partial charge in [0.05, 0.1) is 4.90 Å². The maximum absolute atomic E-state index is 12.9. The van der Waals surface area contributed by atoms with Crippen LogP contribution in [0, 0.1) is 0 Å². The lowest BCUT2D eigenvalue weighted by Crippen LogP contribution is -2.38. The van der Waals surface area contributed by atoms with E-state index in [1.807, 2.05) is 4.57 Å². The number of piperidine rings is 1. The van der Waals surface area contributed by atoms with Gasteiger partial charge in [0.1, 0.15) is 5.82 Å². The van der Waals surface area contributed by atoms with Gasteiger partial charge in [-0.3, -0.25) is 4.57 Å². The van der Waals surface area contributed by atoms with Crippen molar-refractivity contribution in [2.75, 3.05) is 13.1 Å². The number of hydrogen-bond acceptors (Lipinski definition) is 4. The van der Waals surface area contributed by atoms with Crippen molar-refractivity contribution in [3.8, 4) is 0 Å². The minimum atomic E-state index is -3.53. The van der Waals surface area contributed by atoms with Gasteiger partial charge in [-0.1, -0.05) is 24.4 Å². The number of benzene rings is 1. The molecule has 9 heteroatoms. The van der Waals surface area contributed by atoms with Gasteiger partial charge in [-0.25, -0.2) is 17.9 Å². The number of rotatable bonds is 4. The van der Waals surface area contributed by atoms with Crippen molar-refractivity contribution in [2.24, 2.45) is 7.05 Å². The molecule has 1 aliphatic heterocycles. The zero-order valence-electron chi connectivity index (χ0n) is 15.9. The summed E-state index contributed by atoms with van der Waals surface area (Å²) in [6, 6.07) is 6.50. The van der Waals surface area contributed by atoms with Crippen LogP contribution < -0.4 is 5.69 Å². The number of halogens is 1. The van der Waals surface area contributed by atoms with E-state index in [0.29, 0.717) is 31.0 Å². The Labute approximate surface area is 170 Å². The summed E-state index contributed by atoms with van der Waals surface area (Å²) in [6.45, 7) is 0.843. The Morgan fingerprint density at radius 2 is 1.64 bits per heavy atom. The predicted molar refractivity (Wildman–Crippen MR) is 107 cm³/mol. The quantitative estimate of drug-likeness (QED) is 0.756. The third-order valence-electron chi connectivity index (χ3n) is 5.94. The van der Waals surface area contributed by atoms with Crippen molar-refractivity contribution >= 4 is 21.6 Å². The second-order valence-corrected chi connectivity index (χ2v) is 10.1. The van der Waals surface area contributed by atoms with E-state index < -0.39 is 10.0 Å². The Bertz CT molecular complexity index is 999. The van der Waals surface area contributed by atoms with E-state index in [4.69, 9.17) is 11.6 Å². The van der Waals surface area contributed by atoms with Crippen molar-refractivity contribution in [3.63, 3.8) is 0 Å². The highest BCUT2D eigenvalue weighted by Crippen LogP contribution is 2.34. The molecule has 7 nitrogen and oxygen atoms in total. The highest BCUT2D eigenvalue weighted by molar-refractivity contribution is 7.89. The lowest BCUT2D eigenvalue weighted by Gasteiger charge is -2.31. The van der Waals surface area contributed by atoms with Crippen LogP contribution in [0.4, 0.5) is 0 Å². The van der Waals surface area contributed by atoms with Crippen molar-refractivity contribution < 1.29 is 8.42 Å². The van der Waals surface area contributed by atoms with E-state index >= 15 is 0 Å². The Hall–Kier alpha value is -1.64. The summed E-state index contributed by atoms with van der Waals surface area (Å²) in [5, 5.41) is 5.03. The molecule has 1 aromatic carbocycles. The second kappa shape index (κ2) is 7.65. The molecule has 2 aromatic rings. The van der Waals surface area contributed by atoms with Crippen LogP contribution in [0.1, 0.15) is 56.3 Å². The highest BCUT2D eigenvalue weighted by atomic mass is 35.5. The normalized spacial score (nSPS) is 20.1. The summed E-state index contributed by atoms with van der Waals surface area (Å²) >= 11 is 5.87. The summed E-state index contributed by atoms with van der Waals surface area (Å²) in [4.78, 5) is 12.9. The van der Waals surface area contributed by atoms with E-state index in [1.165, 1.54) is 8.99 Å². The first-order valence-electron chi connectivity index (χ1n) is 9.79. The maximum Gasteiger partial charge on any atom is 0.345 e. The molecule has 2 heterocycles. The summed E-state index contributed by atoms with van der Waals surface area (Å²) in [7, 11) is -1.84. The van der Waals surface area contributed by atoms with Crippen LogP contribution in [-0.4, -0.2) is 40.2 Å². The molecular weight excluding hydrogens is 400 g/mol. The molecule has 0 atom stereocenters. The number of aryl methyl sites for hydroxylation is 1. The average Bonchev–Trinajstić information content (AvgIpc) is 3.31. The molecule has 2 fully saturated rings. The summed E-state index contributed by atoms with van der Waals surface area (Å²) in [5.41, 5.74) is -0.0573. The molecule has 0 radical (unpaired) electrons. The van der Waals surface area contributed by atoms with Gasteiger partial charge in [-0.05, 0) is 49.9 Å². The van der Waals surface area contributed by atoms with Crippen LogP contribution in [0.5, 0.6) is 0 Å². The molecule has 0 amide bonds. The standard InChI is InChI=1S/C19H25ClN4O3S/c1-22-19(25)24(16-4-2-3-5-16)18(21-22)14-10-12-23(13-11-14)28(26,27)17-8-6-15(20)7-9-17/h6-9,14,16H,2-5,10-13H2,1H3. The van der Waals surface area contributed by atoms with Crippen molar-refractivity contribution in [2.45, 2.75) is 55.4 Å². The lowest BCUT2D eigenvalue weighted by atomic mass is 9.97. The van der Waals surface area contributed by atoms with Gasteiger partial charge in [0.15, 0.2) is 0 Å². The largest absolute Gasteiger partial charge is 0.345 e. The third-order valence-corrected chi connectivity index (χ3v) is 8.11. The van der Waals surface area contributed by atoms with Crippen molar-refractivity contribution in [1.29, 1.82) is 0 Å². The zero-order chi connectivity index (χ0) is 19.9.